The lowest BCUT2D eigenvalue weighted by molar-refractivity contribution is -0.142. The minimum absolute atomic E-state index is 0.264. The molecule has 7 nitrogen and oxygen atoms in total. The molecule has 0 spiro atoms. The monoisotopic (exact) mass is 378 g/mol. The highest BCUT2D eigenvalue weighted by molar-refractivity contribution is 5.76. The van der Waals surface area contributed by atoms with Gasteiger partial charge in [-0.15, -0.1) is 0 Å². The van der Waals surface area contributed by atoms with Gasteiger partial charge < -0.3 is 4.90 Å². The van der Waals surface area contributed by atoms with Crippen molar-refractivity contribution in [2.24, 2.45) is 0 Å². The fourth-order valence-corrected chi connectivity index (χ4v) is 2.54. The van der Waals surface area contributed by atoms with Gasteiger partial charge in [-0.2, -0.15) is 23.4 Å². The second-order valence-corrected chi connectivity index (χ2v) is 6.01. The van der Waals surface area contributed by atoms with Gasteiger partial charge in [0.2, 0.25) is 5.91 Å². The van der Waals surface area contributed by atoms with E-state index in [0.717, 1.165) is 28.2 Å². The van der Waals surface area contributed by atoms with E-state index in [-0.39, 0.29) is 18.5 Å². The first-order valence-corrected chi connectivity index (χ1v) is 8.07. The molecule has 2 aromatic heterocycles. The second kappa shape index (κ2) is 7.22. The minimum atomic E-state index is -4.53. The molecule has 1 amide bonds. The lowest BCUT2D eigenvalue weighted by atomic mass is 10.1. The van der Waals surface area contributed by atoms with Crippen molar-refractivity contribution < 1.29 is 18.0 Å². The second-order valence-electron chi connectivity index (χ2n) is 6.01. The summed E-state index contributed by atoms with van der Waals surface area (Å²) in [6.45, 7) is 1.57. The van der Waals surface area contributed by atoms with Crippen LogP contribution in [0, 0.1) is 0 Å². The van der Waals surface area contributed by atoms with Gasteiger partial charge >= 0.3 is 6.18 Å². The van der Waals surface area contributed by atoms with E-state index < -0.39 is 11.9 Å². The summed E-state index contributed by atoms with van der Waals surface area (Å²) >= 11 is 0. The molecule has 10 heteroatoms. The van der Waals surface area contributed by atoms with E-state index in [1.807, 2.05) is 31.2 Å². The summed E-state index contributed by atoms with van der Waals surface area (Å²) in [6, 6.07) is 8.01. The van der Waals surface area contributed by atoms with Crippen LogP contribution in [0.2, 0.25) is 0 Å². The number of halogens is 3. The van der Waals surface area contributed by atoms with Gasteiger partial charge in [0.05, 0.1) is 11.7 Å². The number of aromatic nitrogens is 5. The van der Waals surface area contributed by atoms with E-state index in [0.29, 0.717) is 0 Å². The summed E-state index contributed by atoms with van der Waals surface area (Å²) in [5.74, 6) is -0.348. The number of hydrogen-bond acceptors (Lipinski definition) is 4. The maximum atomic E-state index is 12.6. The van der Waals surface area contributed by atoms with Crippen molar-refractivity contribution in [3.8, 4) is 5.69 Å². The van der Waals surface area contributed by atoms with E-state index in [2.05, 4.69) is 15.2 Å². The van der Waals surface area contributed by atoms with Gasteiger partial charge in [0.15, 0.2) is 5.69 Å². The zero-order valence-corrected chi connectivity index (χ0v) is 14.6. The fourth-order valence-electron chi connectivity index (χ4n) is 2.54. The topological polar surface area (TPSA) is 68.8 Å². The molecule has 3 rings (SSSR count). The van der Waals surface area contributed by atoms with E-state index in [4.69, 9.17) is 0 Å². The van der Waals surface area contributed by atoms with Crippen LogP contribution in [0.1, 0.15) is 24.2 Å². The van der Waals surface area contributed by atoms with Gasteiger partial charge in [0.25, 0.3) is 0 Å². The van der Waals surface area contributed by atoms with Crippen molar-refractivity contribution in [1.82, 2.24) is 29.4 Å². The molecule has 0 aliphatic rings. The summed E-state index contributed by atoms with van der Waals surface area (Å²) in [5.41, 5.74) is 0.689. The first-order valence-electron chi connectivity index (χ1n) is 8.07. The normalized spacial score (nSPS) is 12.8. The average Bonchev–Trinajstić information content (AvgIpc) is 3.32. The van der Waals surface area contributed by atoms with Gasteiger partial charge in [-0.05, 0) is 30.7 Å². The van der Waals surface area contributed by atoms with Crippen LogP contribution in [0.4, 0.5) is 13.2 Å². The van der Waals surface area contributed by atoms with Crippen LogP contribution >= 0.6 is 0 Å². The number of rotatable bonds is 5. The number of nitrogens with zero attached hydrogens (tertiary/aromatic N) is 6. The number of benzene rings is 1. The van der Waals surface area contributed by atoms with Crippen LogP contribution in [-0.2, 0) is 17.5 Å². The average molecular weight is 378 g/mol. The molecular formula is C17H17F3N6O. The van der Waals surface area contributed by atoms with Crippen molar-refractivity contribution in [3.63, 3.8) is 0 Å². The predicted molar refractivity (Wildman–Crippen MR) is 89.8 cm³/mol. The molecule has 0 fully saturated rings. The van der Waals surface area contributed by atoms with Crippen molar-refractivity contribution in [2.75, 3.05) is 7.05 Å². The van der Waals surface area contributed by atoms with Gasteiger partial charge in [-0.25, -0.2) is 9.67 Å². The Hall–Kier alpha value is -3.17. The minimum Gasteiger partial charge on any atom is -0.337 e. The number of carbonyl (C=O) groups excluding carboxylic acids is 1. The summed E-state index contributed by atoms with van der Waals surface area (Å²) < 4.78 is 40.4. The van der Waals surface area contributed by atoms with Crippen LogP contribution in [0.25, 0.3) is 5.69 Å². The molecule has 0 bridgehead atoms. The first-order chi connectivity index (χ1) is 12.8. The zero-order valence-electron chi connectivity index (χ0n) is 14.6. The molecule has 0 unspecified atom stereocenters. The Kier molecular flexibility index (Phi) is 4.98. The number of amides is 1. The zero-order chi connectivity index (χ0) is 19.6. The number of carbonyl (C=O) groups is 1. The number of likely N-dealkylation sites (N-methyl/N-ethyl adjacent to an activating group) is 1. The quantitative estimate of drug-likeness (QED) is 0.685. The Bertz CT molecular complexity index is 902. The Morgan fingerprint density at radius 3 is 2.48 bits per heavy atom. The molecule has 142 valence electrons. The first kappa shape index (κ1) is 18.6. The molecule has 27 heavy (non-hydrogen) atoms. The molecule has 0 N–H and O–H groups in total. The third-order valence-electron chi connectivity index (χ3n) is 4.26. The van der Waals surface area contributed by atoms with Crippen molar-refractivity contribution >= 4 is 5.91 Å². The van der Waals surface area contributed by atoms with Crippen molar-refractivity contribution in [1.29, 1.82) is 0 Å². The molecule has 0 saturated heterocycles. The van der Waals surface area contributed by atoms with Crippen molar-refractivity contribution in [3.05, 3.63) is 60.4 Å². The SMILES string of the molecule is C[C@H](c1ccc(-n2cncn2)cc1)N(C)C(=O)Cn1ccc(C(F)(F)F)n1. The molecule has 1 aromatic carbocycles. The smallest absolute Gasteiger partial charge is 0.337 e. The fraction of sp³-hybridized carbons (Fsp3) is 0.294. The van der Waals surface area contributed by atoms with Crippen LogP contribution in [0.5, 0.6) is 0 Å². The molecule has 0 saturated carbocycles. The Morgan fingerprint density at radius 1 is 1.22 bits per heavy atom. The highest BCUT2D eigenvalue weighted by Crippen LogP contribution is 2.27. The Balaban J connectivity index is 1.66. The lowest BCUT2D eigenvalue weighted by Gasteiger charge is -2.25. The van der Waals surface area contributed by atoms with Crippen LogP contribution in [0.15, 0.2) is 49.2 Å². The summed E-state index contributed by atoms with van der Waals surface area (Å²) in [5, 5.41) is 7.45. The summed E-state index contributed by atoms with van der Waals surface area (Å²) in [6.07, 6.45) is -0.374. The van der Waals surface area contributed by atoms with E-state index in [1.165, 1.54) is 11.2 Å². The van der Waals surface area contributed by atoms with Gasteiger partial charge in [-0.3, -0.25) is 9.48 Å². The largest absolute Gasteiger partial charge is 0.435 e. The van der Waals surface area contributed by atoms with E-state index in [1.54, 1.807) is 18.1 Å². The molecular weight excluding hydrogens is 361 g/mol. The highest BCUT2D eigenvalue weighted by Gasteiger charge is 2.33. The predicted octanol–water partition coefficient (Wildman–Crippen LogP) is 2.70. The molecule has 0 aliphatic carbocycles. The number of hydrogen-bond donors (Lipinski definition) is 0. The van der Waals surface area contributed by atoms with Gasteiger partial charge in [0.1, 0.15) is 19.2 Å². The molecule has 1 atom stereocenters. The molecule has 0 radical (unpaired) electrons. The summed E-state index contributed by atoms with van der Waals surface area (Å²) in [4.78, 5) is 17.8. The number of alkyl halides is 3. The van der Waals surface area contributed by atoms with E-state index in [9.17, 15) is 18.0 Å². The Labute approximate surface area is 153 Å². The van der Waals surface area contributed by atoms with Gasteiger partial charge in [-0.1, -0.05) is 12.1 Å². The summed E-state index contributed by atoms with van der Waals surface area (Å²) in [7, 11) is 1.60. The highest BCUT2D eigenvalue weighted by atomic mass is 19.4. The molecule has 0 aliphatic heterocycles. The maximum Gasteiger partial charge on any atom is 0.435 e. The molecule has 2 heterocycles. The Morgan fingerprint density at radius 2 is 1.93 bits per heavy atom. The van der Waals surface area contributed by atoms with Crippen LogP contribution < -0.4 is 0 Å². The van der Waals surface area contributed by atoms with Crippen LogP contribution in [-0.4, -0.2) is 42.4 Å². The maximum absolute atomic E-state index is 12.6. The third-order valence-corrected chi connectivity index (χ3v) is 4.26. The van der Waals surface area contributed by atoms with Crippen LogP contribution in [0.3, 0.4) is 0 Å². The lowest BCUT2D eigenvalue weighted by Crippen LogP contribution is -2.32. The standard InChI is InChI=1S/C17H17F3N6O/c1-12(13-3-5-14(6-4-13)26-11-21-10-22-26)24(2)16(27)9-25-8-7-15(23-25)17(18,19)20/h3-8,10-12H,9H2,1-2H3/t12-/m1/s1. The van der Waals surface area contributed by atoms with E-state index >= 15 is 0 Å². The van der Waals surface area contributed by atoms with Crippen molar-refractivity contribution in [2.45, 2.75) is 25.7 Å². The third kappa shape index (κ3) is 4.15. The molecule has 3 aromatic rings. The van der Waals surface area contributed by atoms with Gasteiger partial charge in [0, 0.05) is 13.2 Å².